The molecule has 0 bridgehead atoms. The zero-order valence-electron chi connectivity index (χ0n) is 17.7. The van der Waals surface area contributed by atoms with Crippen molar-refractivity contribution in [2.45, 2.75) is 64.8 Å². The monoisotopic (exact) mass is 405 g/mol. The Morgan fingerprint density at radius 1 is 1.13 bits per heavy atom. The fourth-order valence-electron chi connectivity index (χ4n) is 4.35. The van der Waals surface area contributed by atoms with Crippen molar-refractivity contribution in [2.75, 3.05) is 5.32 Å². The molecule has 1 aliphatic carbocycles. The second-order valence-corrected chi connectivity index (χ2v) is 8.41. The maximum Gasteiger partial charge on any atom is 0.227 e. The number of hydrogen-bond acceptors (Lipinski definition) is 3. The minimum absolute atomic E-state index is 0.136. The molecule has 1 aliphatic rings. The molecule has 5 nitrogen and oxygen atoms in total. The molecule has 0 radical (unpaired) electrons. The summed E-state index contributed by atoms with van der Waals surface area (Å²) in [7, 11) is 0. The predicted octanol–water partition coefficient (Wildman–Crippen LogP) is 5.65. The number of aryl methyl sites for hydroxylation is 1. The van der Waals surface area contributed by atoms with Crippen LogP contribution in [0.5, 0.6) is 5.75 Å². The van der Waals surface area contributed by atoms with Gasteiger partial charge in [-0.1, -0.05) is 44.7 Å². The van der Waals surface area contributed by atoms with Crippen LogP contribution < -0.4 is 5.32 Å². The zero-order valence-corrected chi connectivity index (χ0v) is 17.7. The molecule has 0 saturated heterocycles. The molecule has 2 aromatic carbocycles. The third kappa shape index (κ3) is 4.66. The maximum atomic E-state index is 12.7. The van der Waals surface area contributed by atoms with Crippen LogP contribution in [0.2, 0.25) is 0 Å². The number of amides is 1. The molecular formula is C25H31N3O2. The number of nitrogens with one attached hydrogen (secondary N) is 1. The van der Waals surface area contributed by atoms with Crippen molar-refractivity contribution < 1.29 is 9.90 Å². The number of nitrogens with zero attached hydrogens (tertiary/aromatic N) is 2. The van der Waals surface area contributed by atoms with Crippen LogP contribution in [0.15, 0.2) is 42.5 Å². The molecule has 0 spiro atoms. The van der Waals surface area contributed by atoms with Gasteiger partial charge in [-0.15, -0.1) is 0 Å². The van der Waals surface area contributed by atoms with Crippen LogP contribution in [0.1, 0.15) is 63.3 Å². The lowest BCUT2D eigenvalue weighted by molar-refractivity contribution is -0.120. The largest absolute Gasteiger partial charge is 0.508 e. The summed E-state index contributed by atoms with van der Waals surface area (Å²) in [6.45, 7) is 2.88. The molecule has 0 aliphatic heterocycles. The van der Waals surface area contributed by atoms with Crippen molar-refractivity contribution in [1.82, 2.24) is 9.55 Å². The summed E-state index contributed by atoms with van der Waals surface area (Å²) in [5.74, 6) is 1.62. The van der Waals surface area contributed by atoms with Gasteiger partial charge in [0, 0.05) is 24.6 Å². The van der Waals surface area contributed by atoms with Crippen molar-refractivity contribution in [3.63, 3.8) is 0 Å². The Hall–Kier alpha value is -2.82. The number of benzene rings is 2. The molecule has 4 rings (SSSR count). The molecule has 0 unspecified atom stereocenters. The van der Waals surface area contributed by atoms with E-state index in [1.54, 1.807) is 12.1 Å². The summed E-state index contributed by atoms with van der Waals surface area (Å²) in [6, 6.07) is 13.4. The standard InChI is InChI=1S/C25H31N3O2/c1-2-3-9-24-27-22-15-12-20(26-25(30)19-7-5-4-6-8-19)16-23(22)28(24)17-18-10-13-21(29)14-11-18/h10-16,19,29H,2-9,17H2,1H3,(H,26,30). The Balaban J connectivity index is 1.63. The SMILES string of the molecule is CCCCc1nc2ccc(NC(=O)C3CCCCC3)cc2n1Cc1ccc(O)cc1. The van der Waals surface area contributed by atoms with Crippen LogP contribution >= 0.6 is 0 Å². The van der Waals surface area contributed by atoms with E-state index in [2.05, 4.69) is 22.9 Å². The number of carbonyl (C=O) groups is 1. The van der Waals surface area contributed by atoms with Gasteiger partial charge in [0.2, 0.25) is 5.91 Å². The van der Waals surface area contributed by atoms with E-state index in [0.717, 1.165) is 73.1 Å². The van der Waals surface area contributed by atoms with Gasteiger partial charge >= 0.3 is 0 Å². The van der Waals surface area contributed by atoms with Gasteiger partial charge in [0.15, 0.2) is 0 Å². The Kier molecular flexibility index (Phi) is 6.36. The van der Waals surface area contributed by atoms with Gasteiger partial charge in [-0.25, -0.2) is 4.98 Å². The van der Waals surface area contributed by atoms with E-state index in [-0.39, 0.29) is 17.6 Å². The van der Waals surface area contributed by atoms with E-state index < -0.39 is 0 Å². The molecule has 1 fully saturated rings. The molecule has 158 valence electrons. The van der Waals surface area contributed by atoms with Crippen molar-refractivity contribution in [2.24, 2.45) is 5.92 Å². The zero-order chi connectivity index (χ0) is 20.9. The van der Waals surface area contributed by atoms with Gasteiger partial charge in [-0.2, -0.15) is 0 Å². The Bertz CT molecular complexity index is 1000. The number of phenols is 1. The van der Waals surface area contributed by atoms with Gasteiger partial charge in [-0.3, -0.25) is 4.79 Å². The number of hydrogen-bond donors (Lipinski definition) is 2. The first-order valence-electron chi connectivity index (χ1n) is 11.2. The summed E-state index contributed by atoms with van der Waals surface area (Å²) in [5.41, 5.74) is 3.94. The first-order valence-corrected chi connectivity index (χ1v) is 11.2. The van der Waals surface area contributed by atoms with E-state index in [1.807, 2.05) is 24.3 Å². The van der Waals surface area contributed by atoms with Gasteiger partial charge < -0.3 is 15.0 Å². The van der Waals surface area contributed by atoms with Crippen molar-refractivity contribution in [3.05, 3.63) is 53.9 Å². The summed E-state index contributed by atoms with van der Waals surface area (Å²) < 4.78 is 2.24. The molecule has 1 amide bonds. The van der Waals surface area contributed by atoms with E-state index in [0.29, 0.717) is 6.54 Å². The minimum Gasteiger partial charge on any atom is -0.508 e. The van der Waals surface area contributed by atoms with E-state index >= 15 is 0 Å². The lowest BCUT2D eigenvalue weighted by Gasteiger charge is -2.20. The quantitative estimate of drug-likeness (QED) is 0.534. The molecule has 3 aromatic rings. The van der Waals surface area contributed by atoms with E-state index in [4.69, 9.17) is 4.98 Å². The topological polar surface area (TPSA) is 67.2 Å². The number of phenolic OH excluding ortho intramolecular Hbond substituents is 1. The summed E-state index contributed by atoms with van der Waals surface area (Å²) in [4.78, 5) is 17.6. The lowest BCUT2D eigenvalue weighted by Crippen LogP contribution is -2.24. The lowest BCUT2D eigenvalue weighted by atomic mass is 9.88. The molecule has 1 aromatic heterocycles. The normalized spacial score (nSPS) is 14.8. The minimum atomic E-state index is 0.136. The number of rotatable bonds is 7. The molecule has 1 heterocycles. The van der Waals surface area contributed by atoms with Crippen LogP contribution in [0.3, 0.4) is 0 Å². The highest BCUT2D eigenvalue weighted by Crippen LogP contribution is 2.27. The molecule has 30 heavy (non-hydrogen) atoms. The number of unbranched alkanes of at least 4 members (excludes halogenated alkanes) is 1. The van der Waals surface area contributed by atoms with Crippen molar-refractivity contribution >= 4 is 22.6 Å². The average Bonchev–Trinajstić information content (AvgIpc) is 3.11. The molecule has 2 N–H and O–H groups in total. The summed E-state index contributed by atoms with van der Waals surface area (Å²) in [6.07, 6.45) is 8.66. The fraction of sp³-hybridized carbons (Fsp3) is 0.440. The highest BCUT2D eigenvalue weighted by Gasteiger charge is 2.21. The van der Waals surface area contributed by atoms with Crippen LogP contribution in [0.25, 0.3) is 11.0 Å². The van der Waals surface area contributed by atoms with Crippen molar-refractivity contribution in [3.8, 4) is 5.75 Å². The summed E-state index contributed by atoms with van der Waals surface area (Å²) in [5, 5.41) is 12.7. The molecule has 1 saturated carbocycles. The smallest absolute Gasteiger partial charge is 0.227 e. The highest BCUT2D eigenvalue weighted by atomic mass is 16.3. The van der Waals surface area contributed by atoms with Crippen LogP contribution in [0, 0.1) is 5.92 Å². The van der Waals surface area contributed by atoms with Crippen LogP contribution in [-0.2, 0) is 17.8 Å². The van der Waals surface area contributed by atoms with Gasteiger partial charge in [0.25, 0.3) is 0 Å². The number of aromatic nitrogens is 2. The van der Waals surface area contributed by atoms with Gasteiger partial charge in [0.05, 0.1) is 11.0 Å². The van der Waals surface area contributed by atoms with Crippen LogP contribution in [0.4, 0.5) is 5.69 Å². The highest BCUT2D eigenvalue weighted by molar-refractivity contribution is 5.94. The number of carbonyl (C=O) groups excluding carboxylic acids is 1. The first-order chi connectivity index (χ1) is 14.6. The number of aromatic hydroxyl groups is 1. The number of anilines is 1. The summed E-state index contributed by atoms with van der Waals surface area (Å²) >= 11 is 0. The number of fused-ring (bicyclic) bond motifs is 1. The van der Waals surface area contributed by atoms with Crippen LogP contribution in [-0.4, -0.2) is 20.6 Å². The van der Waals surface area contributed by atoms with E-state index in [9.17, 15) is 9.90 Å². The van der Waals surface area contributed by atoms with Crippen molar-refractivity contribution in [1.29, 1.82) is 0 Å². The van der Waals surface area contributed by atoms with Gasteiger partial charge in [0.1, 0.15) is 11.6 Å². The van der Waals surface area contributed by atoms with Gasteiger partial charge in [-0.05, 0) is 55.2 Å². The fourth-order valence-corrected chi connectivity index (χ4v) is 4.35. The van der Waals surface area contributed by atoms with E-state index in [1.165, 1.54) is 6.42 Å². The molecular weight excluding hydrogens is 374 g/mol. The Morgan fingerprint density at radius 2 is 1.90 bits per heavy atom. The number of imidazole rings is 1. The second-order valence-electron chi connectivity index (χ2n) is 8.41. The Morgan fingerprint density at radius 3 is 2.63 bits per heavy atom. The third-order valence-electron chi connectivity index (χ3n) is 6.10. The predicted molar refractivity (Wildman–Crippen MR) is 121 cm³/mol. The second kappa shape index (κ2) is 9.33. The molecule has 5 heteroatoms. The maximum absolute atomic E-state index is 12.7. The molecule has 0 atom stereocenters. The average molecular weight is 406 g/mol. The third-order valence-corrected chi connectivity index (χ3v) is 6.10. The first kappa shape index (κ1) is 20.5. The Labute approximate surface area is 178 Å².